The number of aliphatic hydroxyl groups excluding tert-OH is 2. The molecule has 0 bridgehead atoms. The number of aliphatic hydroxyl groups is 2. The predicted octanol–water partition coefficient (Wildman–Crippen LogP) is 0.879. The Labute approximate surface area is 101 Å². The van der Waals surface area contributed by atoms with Crippen LogP contribution in [0.5, 0.6) is 0 Å². The molecule has 0 saturated heterocycles. The van der Waals surface area contributed by atoms with Crippen molar-refractivity contribution in [2.75, 3.05) is 12.4 Å². The Morgan fingerprint density at radius 1 is 1.62 bits per heavy atom. The summed E-state index contributed by atoms with van der Waals surface area (Å²) in [6, 6.07) is 1.33. The smallest absolute Gasteiger partial charge is 0.337 e. The summed E-state index contributed by atoms with van der Waals surface area (Å²) < 4.78 is 0. The van der Waals surface area contributed by atoms with Crippen molar-refractivity contribution in [1.29, 1.82) is 0 Å². The number of halogens is 1. The molecule has 16 heavy (non-hydrogen) atoms. The van der Waals surface area contributed by atoms with Crippen molar-refractivity contribution >= 4 is 29.3 Å². The largest absolute Gasteiger partial charge is 0.478 e. The number of pyridine rings is 1. The van der Waals surface area contributed by atoms with Crippen molar-refractivity contribution < 1.29 is 20.1 Å². The van der Waals surface area contributed by atoms with Gasteiger partial charge in [-0.1, -0.05) is 11.6 Å². The molecule has 0 aliphatic rings. The monoisotopic (exact) mass is 263 g/mol. The van der Waals surface area contributed by atoms with Crippen LogP contribution in [0.3, 0.4) is 0 Å². The van der Waals surface area contributed by atoms with Crippen LogP contribution in [0, 0.1) is 0 Å². The zero-order chi connectivity index (χ0) is 12.1. The number of carboxylic acids is 1. The minimum Gasteiger partial charge on any atom is -0.478 e. The van der Waals surface area contributed by atoms with Gasteiger partial charge in [-0.2, -0.15) is 0 Å². The SMILES string of the molecule is O=C(O)c1cc(SCC(O)CO)ncc1Cl. The van der Waals surface area contributed by atoms with Gasteiger partial charge in [-0.15, -0.1) is 11.8 Å². The molecule has 1 atom stereocenters. The summed E-state index contributed by atoms with van der Waals surface area (Å²) in [5, 5.41) is 27.0. The summed E-state index contributed by atoms with van der Waals surface area (Å²) in [7, 11) is 0. The van der Waals surface area contributed by atoms with Gasteiger partial charge < -0.3 is 15.3 Å². The highest BCUT2D eigenvalue weighted by Crippen LogP contribution is 2.22. The third kappa shape index (κ3) is 3.64. The maximum Gasteiger partial charge on any atom is 0.337 e. The van der Waals surface area contributed by atoms with Crippen molar-refractivity contribution in [1.82, 2.24) is 4.98 Å². The summed E-state index contributed by atoms with van der Waals surface area (Å²) in [6.07, 6.45) is 0.398. The molecule has 1 heterocycles. The van der Waals surface area contributed by atoms with Crippen LogP contribution in [-0.2, 0) is 0 Å². The van der Waals surface area contributed by atoms with E-state index in [0.717, 1.165) is 11.8 Å². The Morgan fingerprint density at radius 2 is 2.31 bits per heavy atom. The van der Waals surface area contributed by atoms with Crippen LogP contribution in [0.25, 0.3) is 0 Å². The summed E-state index contributed by atoms with van der Waals surface area (Å²) in [5.41, 5.74) is -0.0299. The fraction of sp³-hybridized carbons (Fsp3) is 0.333. The first kappa shape index (κ1) is 13.2. The molecule has 1 aromatic heterocycles. The molecule has 0 aliphatic carbocycles. The third-order valence-corrected chi connectivity index (χ3v) is 3.07. The molecule has 0 fully saturated rings. The van der Waals surface area contributed by atoms with E-state index in [9.17, 15) is 4.79 Å². The van der Waals surface area contributed by atoms with Gasteiger partial charge in [0.05, 0.1) is 28.3 Å². The summed E-state index contributed by atoms with van der Waals surface area (Å²) in [6.45, 7) is -0.341. The van der Waals surface area contributed by atoms with Crippen molar-refractivity contribution in [3.63, 3.8) is 0 Å². The molecule has 1 aromatic rings. The van der Waals surface area contributed by atoms with Crippen molar-refractivity contribution in [3.05, 3.63) is 22.8 Å². The van der Waals surface area contributed by atoms with Gasteiger partial charge in [-0.05, 0) is 6.07 Å². The number of thioether (sulfide) groups is 1. The Morgan fingerprint density at radius 3 is 2.88 bits per heavy atom. The Kier molecular flexibility index (Phi) is 5.01. The molecule has 1 unspecified atom stereocenters. The molecule has 7 heteroatoms. The molecule has 0 aliphatic heterocycles. The van der Waals surface area contributed by atoms with E-state index >= 15 is 0 Å². The zero-order valence-corrected chi connectivity index (χ0v) is 9.70. The van der Waals surface area contributed by atoms with E-state index in [4.69, 9.17) is 26.9 Å². The molecular weight excluding hydrogens is 254 g/mol. The van der Waals surface area contributed by atoms with Gasteiger partial charge in [0.15, 0.2) is 0 Å². The van der Waals surface area contributed by atoms with Gasteiger partial charge >= 0.3 is 5.97 Å². The lowest BCUT2D eigenvalue weighted by atomic mass is 10.3. The van der Waals surface area contributed by atoms with Crippen LogP contribution in [-0.4, -0.2) is 44.7 Å². The van der Waals surface area contributed by atoms with Crippen molar-refractivity contribution in [3.8, 4) is 0 Å². The molecule has 0 aromatic carbocycles. The molecule has 0 spiro atoms. The standard InChI is InChI=1S/C9H10ClNO4S/c10-7-2-11-8(1-6(7)9(14)15)16-4-5(13)3-12/h1-2,5,12-13H,3-4H2,(H,14,15). The normalized spacial score (nSPS) is 12.4. The first-order valence-corrected chi connectivity index (χ1v) is 5.71. The molecule has 0 saturated carbocycles. The van der Waals surface area contributed by atoms with Crippen LogP contribution in [0.15, 0.2) is 17.3 Å². The Balaban J connectivity index is 2.75. The number of carboxylic acid groups (broad SMARTS) is 1. The number of nitrogens with zero attached hydrogens (tertiary/aromatic N) is 1. The van der Waals surface area contributed by atoms with Gasteiger partial charge in [-0.3, -0.25) is 0 Å². The summed E-state index contributed by atoms with van der Waals surface area (Å²) in [4.78, 5) is 14.7. The minimum absolute atomic E-state index is 0.0299. The summed E-state index contributed by atoms with van der Waals surface area (Å²) >= 11 is 6.79. The highest BCUT2D eigenvalue weighted by Gasteiger charge is 2.11. The lowest BCUT2D eigenvalue weighted by Gasteiger charge is -2.06. The average molecular weight is 264 g/mol. The van der Waals surface area contributed by atoms with Crippen LogP contribution >= 0.6 is 23.4 Å². The van der Waals surface area contributed by atoms with E-state index in [-0.39, 0.29) is 22.9 Å². The number of carbonyl (C=O) groups is 1. The van der Waals surface area contributed by atoms with Crippen molar-refractivity contribution in [2.45, 2.75) is 11.1 Å². The average Bonchev–Trinajstić information content (AvgIpc) is 2.27. The molecule has 5 nitrogen and oxygen atoms in total. The second kappa shape index (κ2) is 6.05. The highest BCUT2D eigenvalue weighted by molar-refractivity contribution is 7.99. The third-order valence-electron chi connectivity index (χ3n) is 1.70. The minimum atomic E-state index is -1.13. The van der Waals surface area contributed by atoms with E-state index in [0.29, 0.717) is 5.03 Å². The van der Waals surface area contributed by atoms with Gasteiger partial charge in [0, 0.05) is 11.9 Å². The van der Waals surface area contributed by atoms with Gasteiger partial charge in [0.25, 0.3) is 0 Å². The number of hydrogen-bond donors (Lipinski definition) is 3. The molecule has 0 amide bonds. The van der Waals surface area contributed by atoms with E-state index in [1.54, 1.807) is 0 Å². The van der Waals surface area contributed by atoms with E-state index < -0.39 is 12.1 Å². The van der Waals surface area contributed by atoms with Crippen LogP contribution in [0.4, 0.5) is 0 Å². The quantitative estimate of drug-likeness (QED) is 0.683. The van der Waals surface area contributed by atoms with Gasteiger partial charge in [0.1, 0.15) is 0 Å². The molecular formula is C9H10ClNO4S. The molecule has 1 rings (SSSR count). The highest BCUT2D eigenvalue weighted by atomic mass is 35.5. The number of aromatic carboxylic acids is 1. The fourth-order valence-electron chi connectivity index (χ4n) is 0.897. The Hall–Kier alpha value is -0.820. The maximum absolute atomic E-state index is 10.8. The lowest BCUT2D eigenvalue weighted by Crippen LogP contribution is -2.14. The van der Waals surface area contributed by atoms with Crippen molar-refractivity contribution in [2.24, 2.45) is 0 Å². The second-order valence-electron chi connectivity index (χ2n) is 2.95. The first-order valence-electron chi connectivity index (χ1n) is 4.35. The van der Waals surface area contributed by atoms with Gasteiger partial charge in [0.2, 0.25) is 0 Å². The molecule has 88 valence electrons. The van der Waals surface area contributed by atoms with Crippen LogP contribution < -0.4 is 0 Å². The lowest BCUT2D eigenvalue weighted by molar-refractivity contribution is 0.0696. The van der Waals surface area contributed by atoms with E-state index in [1.165, 1.54) is 12.3 Å². The fourth-order valence-corrected chi connectivity index (χ4v) is 1.88. The Bertz CT molecular complexity index is 388. The first-order chi connectivity index (χ1) is 7.54. The van der Waals surface area contributed by atoms with E-state index in [1.807, 2.05) is 0 Å². The number of aromatic nitrogens is 1. The number of rotatable bonds is 5. The van der Waals surface area contributed by atoms with Crippen LogP contribution in [0.2, 0.25) is 5.02 Å². The number of hydrogen-bond acceptors (Lipinski definition) is 5. The topological polar surface area (TPSA) is 90.7 Å². The second-order valence-corrected chi connectivity index (χ2v) is 4.40. The van der Waals surface area contributed by atoms with Crippen LogP contribution in [0.1, 0.15) is 10.4 Å². The predicted molar refractivity (Wildman–Crippen MR) is 60.0 cm³/mol. The maximum atomic E-state index is 10.8. The molecule has 3 N–H and O–H groups in total. The zero-order valence-electron chi connectivity index (χ0n) is 8.13. The summed E-state index contributed by atoms with van der Waals surface area (Å²) in [5.74, 6) is -0.888. The molecule has 0 radical (unpaired) electrons. The van der Waals surface area contributed by atoms with Gasteiger partial charge in [-0.25, -0.2) is 9.78 Å². The van der Waals surface area contributed by atoms with E-state index in [2.05, 4.69) is 4.98 Å².